The number of hydrogen-bond donors (Lipinski definition) is 1. The Bertz CT molecular complexity index is 1820. The third-order valence-electron chi connectivity index (χ3n) is 5.55. The number of nitrogens with zero attached hydrogens (tertiary/aromatic N) is 2. The average Bonchev–Trinajstić information content (AvgIpc) is 2.84. The fraction of sp³-hybridized carbons (Fsp3) is 0. The zero-order valence-corrected chi connectivity index (χ0v) is 17.5. The van der Waals surface area contributed by atoms with Gasteiger partial charge in [0, 0.05) is 18.2 Å². The number of nitro groups is 2. The van der Waals surface area contributed by atoms with Crippen LogP contribution in [0.2, 0.25) is 0 Å². The maximum absolute atomic E-state index is 13.4. The van der Waals surface area contributed by atoms with Crippen LogP contribution in [0, 0.1) is 20.2 Å². The largest absolute Gasteiger partial charge is 0.507 e. The van der Waals surface area contributed by atoms with Crippen LogP contribution < -0.4 is 10.9 Å². The van der Waals surface area contributed by atoms with Crippen molar-refractivity contribution in [3.05, 3.63) is 108 Å². The lowest BCUT2D eigenvalue weighted by atomic mass is 10.0. The molecule has 0 amide bonds. The molecule has 0 unspecified atom stereocenters. The number of nitro benzene ring substituents is 2. The van der Waals surface area contributed by atoms with E-state index in [0.29, 0.717) is 0 Å². The second-order valence-electron chi connectivity index (χ2n) is 7.48. The number of benzene rings is 3. The van der Waals surface area contributed by atoms with Gasteiger partial charge in [0.15, 0.2) is 5.58 Å². The third-order valence-corrected chi connectivity index (χ3v) is 5.55. The number of aromatic hydroxyl groups is 1. The van der Waals surface area contributed by atoms with E-state index in [2.05, 4.69) is 0 Å². The Kier molecular flexibility index (Phi) is 4.87. The summed E-state index contributed by atoms with van der Waals surface area (Å²) in [4.78, 5) is 48.3. The average molecular weight is 472 g/mol. The number of para-hydroxylation sites is 2. The van der Waals surface area contributed by atoms with E-state index in [1.165, 1.54) is 48.5 Å². The molecule has 0 fully saturated rings. The van der Waals surface area contributed by atoms with E-state index < -0.39 is 26.5 Å². The second-order valence-corrected chi connectivity index (χ2v) is 7.48. The molecule has 0 aliphatic carbocycles. The van der Waals surface area contributed by atoms with Gasteiger partial charge in [0.25, 0.3) is 11.4 Å². The summed E-state index contributed by atoms with van der Waals surface area (Å²) in [5.74, 6) is -0.566. The van der Waals surface area contributed by atoms with Gasteiger partial charge in [-0.3, -0.25) is 29.8 Å². The van der Waals surface area contributed by atoms with E-state index >= 15 is 0 Å². The van der Waals surface area contributed by atoms with E-state index in [0.717, 1.165) is 18.6 Å². The minimum Gasteiger partial charge on any atom is -0.507 e. The fourth-order valence-electron chi connectivity index (χ4n) is 3.98. The van der Waals surface area contributed by atoms with E-state index in [4.69, 9.17) is 8.83 Å². The zero-order valence-electron chi connectivity index (χ0n) is 17.5. The summed E-state index contributed by atoms with van der Waals surface area (Å²) in [5.41, 5.74) is -3.05. The summed E-state index contributed by atoms with van der Waals surface area (Å²) in [5, 5.41) is 32.8. The van der Waals surface area contributed by atoms with Gasteiger partial charge in [-0.2, -0.15) is 0 Å². The van der Waals surface area contributed by atoms with Crippen molar-refractivity contribution in [1.29, 1.82) is 0 Å². The van der Waals surface area contributed by atoms with Crippen molar-refractivity contribution < 1.29 is 23.8 Å². The van der Waals surface area contributed by atoms with Gasteiger partial charge in [0.1, 0.15) is 34.6 Å². The Morgan fingerprint density at radius 2 is 1.17 bits per heavy atom. The molecule has 11 heteroatoms. The topological polar surface area (TPSA) is 167 Å². The van der Waals surface area contributed by atoms with Crippen LogP contribution in [-0.2, 0) is 0 Å². The second kappa shape index (κ2) is 7.92. The van der Waals surface area contributed by atoms with Crippen LogP contribution >= 0.6 is 0 Å². The molecule has 5 rings (SSSR count). The van der Waals surface area contributed by atoms with Gasteiger partial charge in [-0.05, 0) is 12.1 Å². The Labute approximate surface area is 193 Å². The highest BCUT2D eigenvalue weighted by Crippen LogP contribution is 2.35. The van der Waals surface area contributed by atoms with Gasteiger partial charge in [-0.15, -0.1) is 0 Å². The van der Waals surface area contributed by atoms with Gasteiger partial charge in [-0.1, -0.05) is 24.3 Å². The lowest BCUT2D eigenvalue weighted by Crippen LogP contribution is -2.10. The Balaban J connectivity index is 1.86. The van der Waals surface area contributed by atoms with E-state index in [9.17, 15) is 34.9 Å². The van der Waals surface area contributed by atoms with Crippen LogP contribution in [0.3, 0.4) is 0 Å². The normalized spacial score (nSPS) is 11.1. The first-order chi connectivity index (χ1) is 16.8. The lowest BCUT2D eigenvalue weighted by Gasteiger charge is -2.08. The van der Waals surface area contributed by atoms with Crippen LogP contribution in [0.25, 0.3) is 44.2 Å². The van der Waals surface area contributed by atoms with E-state index in [-0.39, 0.29) is 55.6 Å². The van der Waals surface area contributed by atoms with Crippen molar-refractivity contribution in [1.82, 2.24) is 0 Å². The highest BCUT2D eigenvalue weighted by molar-refractivity contribution is 6.06. The molecule has 172 valence electrons. The van der Waals surface area contributed by atoms with Crippen LogP contribution in [0.15, 0.2) is 85.5 Å². The molecule has 1 N–H and O–H groups in total. The Hall–Kier alpha value is -5.32. The molecule has 0 aliphatic heterocycles. The predicted octanol–water partition coefficient (Wildman–Crippen LogP) is 4.76. The van der Waals surface area contributed by atoms with E-state index in [1.54, 1.807) is 0 Å². The molecular weight excluding hydrogens is 460 g/mol. The standard InChI is InChI=1S/C24H12N2O9/c27-18-9-19-21(23(29)14(10-34-19)12-5-1-3-7-16(12)25(30)31)24-20(18)22(28)15(11-35-24)13-6-2-4-8-17(13)26(32)33/h1-11,27H. The maximum atomic E-state index is 13.4. The van der Waals surface area contributed by atoms with Crippen molar-refractivity contribution in [2.45, 2.75) is 0 Å². The summed E-state index contributed by atoms with van der Waals surface area (Å²) in [7, 11) is 0. The molecule has 11 nitrogen and oxygen atoms in total. The molecule has 0 radical (unpaired) electrons. The Morgan fingerprint density at radius 1 is 0.686 bits per heavy atom. The SMILES string of the molecule is O=c1c(-c2ccccc2[N+](=O)[O-])coc2c1c(O)cc1occ(-c3ccccc3[N+](=O)[O-])c(=O)c12. The number of phenols is 1. The highest BCUT2D eigenvalue weighted by atomic mass is 16.6. The number of hydrogen-bond acceptors (Lipinski definition) is 9. The summed E-state index contributed by atoms with van der Waals surface area (Å²) in [6.45, 7) is 0. The molecule has 3 aromatic carbocycles. The first-order valence-corrected chi connectivity index (χ1v) is 10.00. The molecule has 0 bridgehead atoms. The Morgan fingerprint density at radius 3 is 1.71 bits per heavy atom. The maximum Gasteiger partial charge on any atom is 0.277 e. The van der Waals surface area contributed by atoms with Gasteiger partial charge in [-0.25, -0.2) is 0 Å². The minimum absolute atomic E-state index is 0.00625. The number of fused-ring (bicyclic) bond motifs is 3. The van der Waals surface area contributed by atoms with Crippen molar-refractivity contribution in [2.75, 3.05) is 0 Å². The van der Waals surface area contributed by atoms with E-state index in [1.807, 2.05) is 0 Å². The highest BCUT2D eigenvalue weighted by Gasteiger charge is 2.25. The molecule has 5 aromatic rings. The van der Waals surface area contributed by atoms with Crippen LogP contribution in [0.1, 0.15) is 0 Å². The zero-order chi connectivity index (χ0) is 24.9. The quantitative estimate of drug-likeness (QED) is 0.220. The predicted molar refractivity (Wildman–Crippen MR) is 124 cm³/mol. The summed E-state index contributed by atoms with van der Waals surface area (Å²) in [6.07, 6.45) is 1.99. The third kappa shape index (κ3) is 3.30. The van der Waals surface area contributed by atoms with Crippen LogP contribution in [0.5, 0.6) is 5.75 Å². The van der Waals surface area contributed by atoms with Crippen molar-refractivity contribution in [3.63, 3.8) is 0 Å². The van der Waals surface area contributed by atoms with Gasteiger partial charge in [0.05, 0.1) is 32.1 Å². The number of rotatable bonds is 4. The monoisotopic (exact) mass is 472 g/mol. The molecule has 0 aliphatic rings. The first-order valence-electron chi connectivity index (χ1n) is 10.00. The van der Waals surface area contributed by atoms with Gasteiger partial charge < -0.3 is 13.9 Å². The first kappa shape index (κ1) is 21.5. The summed E-state index contributed by atoms with van der Waals surface area (Å²) >= 11 is 0. The number of phenolic OH excluding ortho intramolecular Hbond substituents is 1. The van der Waals surface area contributed by atoms with Gasteiger partial charge >= 0.3 is 0 Å². The lowest BCUT2D eigenvalue weighted by molar-refractivity contribution is -0.384. The molecule has 2 aromatic heterocycles. The van der Waals surface area contributed by atoms with Crippen LogP contribution in [0.4, 0.5) is 11.4 Å². The fourth-order valence-corrected chi connectivity index (χ4v) is 3.98. The van der Waals surface area contributed by atoms with Crippen molar-refractivity contribution in [2.24, 2.45) is 0 Å². The molecule has 0 saturated heterocycles. The van der Waals surface area contributed by atoms with Crippen molar-refractivity contribution in [3.8, 4) is 28.0 Å². The minimum atomic E-state index is -0.810. The molecule has 0 saturated carbocycles. The molecule has 0 spiro atoms. The van der Waals surface area contributed by atoms with Gasteiger partial charge in [0.2, 0.25) is 10.9 Å². The smallest absolute Gasteiger partial charge is 0.277 e. The molecule has 0 atom stereocenters. The summed E-state index contributed by atoms with van der Waals surface area (Å²) in [6, 6.07) is 12.1. The molecule has 2 heterocycles. The van der Waals surface area contributed by atoms with Crippen molar-refractivity contribution >= 4 is 33.3 Å². The molecular formula is C24H12N2O9. The summed E-state index contributed by atoms with van der Waals surface area (Å²) < 4.78 is 11.1. The molecule has 35 heavy (non-hydrogen) atoms. The van der Waals surface area contributed by atoms with Crippen LogP contribution in [-0.4, -0.2) is 15.0 Å².